The number of benzene rings is 1. The molecule has 0 radical (unpaired) electrons. The summed E-state index contributed by atoms with van der Waals surface area (Å²) in [5.74, 6) is 1.75. The van der Waals surface area contributed by atoms with Crippen LogP contribution in [0, 0.1) is 12.8 Å². The average Bonchev–Trinajstić information content (AvgIpc) is 2.25. The molecule has 1 aliphatic carbocycles. The van der Waals surface area contributed by atoms with Gasteiger partial charge >= 0.3 is 0 Å². The minimum absolute atomic E-state index is 0.198. The van der Waals surface area contributed by atoms with Crippen LogP contribution in [-0.4, -0.2) is 7.11 Å². The first-order valence-corrected chi connectivity index (χ1v) is 6.89. The largest absolute Gasteiger partial charge is 0.496 e. The van der Waals surface area contributed by atoms with Gasteiger partial charge in [-0.15, -0.1) is 0 Å². The Morgan fingerprint density at radius 2 is 1.78 bits per heavy atom. The van der Waals surface area contributed by atoms with Crippen LogP contribution in [0.5, 0.6) is 5.75 Å². The lowest BCUT2D eigenvalue weighted by Gasteiger charge is -2.47. The van der Waals surface area contributed by atoms with Crippen molar-refractivity contribution >= 4 is 0 Å². The van der Waals surface area contributed by atoms with Gasteiger partial charge < -0.3 is 4.74 Å². The molecule has 0 saturated heterocycles. The standard InChI is InChI=1S/C17H26O/c1-11-8-13-15(14(9-11)18-7)16(3,4)10-12(2)17(13,5)6/h8-9,12H,10H2,1-7H3. The molecule has 1 nitrogen and oxygen atoms in total. The van der Waals surface area contributed by atoms with Gasteiger partial charge in [-0.2, -0.15) is 0 Å². The predicted molar refractivity (Wildman–Crippen MR) is 77.6 cm³/mol. The van der Waals surface area contributed by atoms with Crippen molar-refractivity contribution in [2.45, 2.75) is 58.8 Å². The van der Waals surface area contributed by atoms with Crippen LogP contribution in [0.3, 0.4) is 0 Å². The Morgan fingerprint density at radius 1 is 1.17 bits per heavy atom. The summed E-state index contributed by atoms with van der Waals surface area (Å²) in [4.78, 5) is 0. The third-order valence-corrected chi connectivity index (χ3v) is 4.89. The van der Waals surface area contributed by atoms with E-state index in [0.717, 1.165) is 5.75 Å². The van der Waals surface area contributed by atoms with Crippen molar-refractivity contribution < 1.29 is 4.74 Å². The highest BCUT2D eigenvalue weighted by atomic mass is 16.5. The number of hydrogen-bond acceptors (Lipinski definition) is 1. The van der Waals surface area contributed by atoms with Crippen molar-refractivity contribution in [3.8, 4) is 5.75 Å². The molecule has 18 heavy (non-hydrogen) atoms. The fraction of sp³-hybridized carbons (Fsp3) is 0.647. The Hall–Kier alpha value is -0.980. The number of rotatable bonds is 1. The summed E-state index contributed by atoms with van der Waals surface area (Å²) >= 11 is 0. The lowest BCUT2D eigenvalue weighted by atomic mass is 9.58. The molecule has 1 aromatic rings. The van der Waals surface area contributed by atoms with Crippen LogP contribution in [0.2, 0.25) is 0 Å². The molecule has 1 unspecified atom stereocenters. The number of methoxy groups -OCH3 is 1. The van der Waals surface area contributed by atoms with Gasteiger partial charge in [-0.25, -0.2) is 0 Å². The minimum Gasteiger partial charge on any atom is -0.496 e. The quantitative estimate of drug-likeness (QED) is 0.703. The van der Waals surface area contributed by atoms with Gasteiger partial charge in [0.1, 0.15) is 5.75 Å². The third-order valence-electron chi connectivity index (χ3n) is 4.89. The van der Waals surface area contributed by atoms with Crippen LogP contribution in [0.25, 0.3) is 0 Å². The molecular formula is C17H26O. The fourth-order valence-electron chi connectivity index (χ4n) is 3.51. The lowest BCUT2D eigenvalue weighted by molar-refractivity contribution is 0.226. The van der Waals surface area contributed by atoms with Gasteiger partial charge in [0.05, 0.1) is 7.11 Å². The summed E-state index contributed by atoms with van der Waals surface area (Å²) in [6, 6.07) is 4.53. The number of fused-ring (bicyclic) bond motifs is 1. The van der Waals surface area contributed by atoms with Gasteiger partial charge in [0, 0.05) is 5.56 Å². The van der Waals surface area contributed by atoms with E-state index in [1.54, 1.807) is 7.11 Å². The van der Waals surface area contributed by atoms with Crippen molar-refractivity contribution in [2.75, 3.05) is 7.11 Å². The zero-order valence-electron chi connectivity index (χ0n) is 12.8. The van der Waals surface area contributed by atoms with E-state index < -0.39 is 0 Å². The molecule has 1 aliphatic rings. The third kappa shape index (κ3) is 1.84. The van der Waals surface area contributed by atoms with Gasteiger partial charge in [-0.3, -0.25) is 0 Å². The summed E-state index contributed by atoms with van der Waals surface area (Å²) in [6.45, 7) is 13.9. The Labute approximate surface area is 112 Å². The Balaban J connectivity index is 2.78. The molecule has 0 fully saturated rings. The van der Waals surface area contributed by atoms with Crippen molar-refractivity contribution in [1.29, 1.82) is 0 Å². The van der Waals surface area contributed by atoms with Crippen molar-refractivity contribution in [2.24, 2.45) is 5.92 Å². The summed E-state index contributed by atoms with van der Waals surface area (Å²) in [5.41, 5.74) is 4.61. The molecule has 1 atom stereocenters. The van der Waals surface area contributed by atoms with E-state index in [0.29, 0.717) is 5.92 Å². The van der Waals surface area contributed by atoms with Gasteiger partial charge in [0.2, 0.25) is 0 Å². The smallest absolute Gasteiger partial charge is 0.123 e. The van der Waals surface area contributed by atoms with E-state index in [9.17, 15) is 0 Å². The molecule has 0 N–H and O–H groups in total. The Morgan fingerprint density at radius 3 is 2.33 bits per heavy atom. The van der Waals surface area contributed by atoms with Gasteiger partial charge in [0.15, 0.2) is 0 Å². The van der Waals surface area contributed by atoms with E-state index in [-0.39, 0.29) is 10.8 Å². The molecule has 100 valence electrons. The molecule has 1 heteroatoms. The molecule has 2 rings (SSSR count). The van der Waals surface area contributed by atoms with E-state index in [1.807, 2.05) is 0 Å². The molecule has 0 amide bonds. The maximum atomic E-state index is 5.66. The second kappa shape index (κ2) is 4.01. The van der Waals surface area contributed by atoms with E-state index in [2.05, 4.69) is 53.7 Å². The van der Waals surface area contributed by atoms with E-state index >= 15 is 0 Å². The Kier molecular flexibility index (Phi) is 3.00. The summed E-state index contributed by atoms with van der Waals surface area (Å²) in [5, 5.41) is 0. The van der Waals surface area contributed by atoms with Crippen LogP contribution >= 0.6 is 0 Å². The molecule has 0 bridgehead atoms. The van der Waals surface area contributed by atoms with Crippen LogP contribution in [-0.2, 0) is 10.8 Å². The topological polar surface area (TPSA) is 9.23 Å². The highest BCUT2D eigenvalue weighted by molar-refractivity contribution is 5.52. The van der Waals surface area contributed by atoms with Crippen molar-refractivity contribution in [1.82, 2.24) is 0 Å². The fourth-order valence-corrected chi connectivity index (χ4v) is 3.51. The summed E-state index contributed by atoms with van der Waals surface area (Å²) < 4.78 is 5.66. The minimum atomic E-state index is 0.198. The first-order chi connectivity index (χ1) is 8.20. The molecule has 1 aromatic carbocycles. The van der Waals surface area contributed by atoms with Crippen LogP contribution in [0.15, 0.2) is 12.1 Å². The predicted octanol–water partition coefficient (Wildman–Crippen LogP) is 4.60. The highest BCUT2D eigenvalue weighted by Crippen LogP contribution is 2.52. The first kappa shape index (κ1) is 13.5. The van der Waals surface area contributed by atoms with Crippen LogP contribution in [0.4, 0.5) is 0 Å². The van der Waals surface area contributed by atoms with E-state index in [4.69, 9.17) is 4.74 Å². The highest BCUT2D eigenvalue weighted by Gasteiger charge is 2.43. The van der Waals surface area contributed by atoms with Gasteiger partial charge in [-0.1, -0.05) is 40.7 Å². The van der Waals surface area contributed by atoms with Crippen LogP contribution < -0.4 is 4.74 Å². The summed E-state index contributed by atoms with van der Waals surface area (Å²) in [6.07, 6.45) is 1.21. The summed E-state index contributed by atoms with van der Waals surface area (Å²) in [7, 11) is 1.79. The van der Waals surface area contributed by atoms with E-state index in [1.165, 1.54) is 23.1 Å². The van der Waals surface area contributed by atoms with Crippen molar-refractivity contribution in [3.05, 3.63) is 28.8 Å². The maximum absolute atomic E-state index is 5.66. The SMILES string of the molecule is COc1cc(C)cc2c1C(C)(C)CC(C)C2(C)C. The average molecular weight is 246 g/mol. The molecular weight excluding hydrogens is 220 g/mol. The van der Waals surface area contributed by atoms with Crippen LogP contribution in [0.1, 0.15) is 57.7 Å². The molecule has 0 aromatic heterocycles. The Bertz CT molecular complexity index is 469. The molecule has 0 spiro atoms. The van der Waals surface area contributed by atoms with Crippen molar-refractivity contribution in [3.63, 3.8) is 0 Å². The van der Waals surface area contributed by atoms with Gasteiger partial charge in [0.25, 0.3) is 0 Å². The second-order valence-corrected chi connectivity index (χ2v) is 7.10. The molecule has 0 aliphatic heterocycles. The number of ether oxygens (including phenoxy) is 1. The maximum Gasteiger partial charge on any atom is 0.123 e. The first-order valence-electron chi connectivity index (χ1n) is 6.89. The zero-order valence-corrected chi connectivity index (χ0v) is 12.8. The molecule has 0 saturated carbocycles. The lowest BCUT2D eigenvalue weighted by Crippen LogP contribution is -2.40. The second-order valence-electron chi connectivity index (χ2n) is 7.10. The zero-order chi connectivity index (χ0) is 13.7. The normalized spacial score (nSPS) is 24.5. The number of hydrogen-bond donors (Lipinski definition) is 0. The van der Waals surface area contributed by atoms with Gasteiger partial charge in [-0.05, 0) is 47.3 Å². The molecule has 0 heterocycles. The monoisotopic (exact) mass is 246 g/mol. The number of aryl methyl sites for hydroxylation is 1.